The van der Waals surface area contributed by atoms with E-state index in [-0.39, 0.29) is 0 Å². The van der Waals surface area contributed by atoms with E-state index in [0.717, 1.165) is 23.7 Å². The fourth-order valence-electron chi connectivity index (χ4n) is 1.97. The highest BCUT2D eigenvalue weighted by atomic mass is 32.2. The number of nitrogens with two attached hydrogens (primary N) is 1. The molecule has 0 bridgehead atoms. The molecule has 0 radical (unpaired) electrons. The van der Waals surface area contributed by atoms with Gasteiger partial charge in [-0.2, -0.15) is 11.8 Å². The highest BCUT2D eigenvalue weighted by Crippen LogP contribution is 2.28. The molecule has 16 heavy (non-hydrogen) atoms. The zero-order valence-electron chi connectivity index (χ0n) is 10.1. The Bertz CT molecular complexity index is 381. The van der Waals surface area contributed by atoms with Gasteiger partial charge in [-0.05, 0) is 26.0 Å². The molecule has 0 aliphatic carbocycles. The first-order valence-corrected chi connectivity index (χ1v) is 6.76. The van der Waals surface area contributed by atoms with Gasteiger partial charge in [0.1, 0.15) is 5.82 Å². The SMILES string of the molecule is Cc1nc(N2CCSC(C)C2C)ccc1N. The average molecular weight is 237 g/mol. The van der Waals surface area contributed by atoms with Crippen LogP contribution in [0.3, 0.4) is 0 Å². The van der Waals surface area contributed by atoms with Crippen LogP contribution in [0.4, 0.5) is 11.5 Å². The van der Waals surface area contributed by atoms with Gasteiger partial charge in [-0.1, -0.05) is 6.92 Å². The molecule has 2 N–H and O–H groups in total. The molecule has 0 saturated carbocycles. The Labute approximate surface area is 101 Å². The van der Waals surface area contributed by atoms with Crippen LogP contribution in [0.25, 0.3) is 0 Å². The summed E-state index contributed by atoms with van der Waals surface area (Å²) in [5.41, 5.74) is 7.50. The maximum atomic E-state index is 5.80. The lowest BCUT2D eigenvalue weighted by atomic mass is 10.2. The van der Waals surface area contributed by atoms with E-state index < -0.39 is 0 Å². The lowest BCUT2D eigenvalue weighted by Gasteiger charge is -2.38. The molecule has 2 atom stereocenters. The minimum atomic E-state index is 0.536. The topological polar surface area (TPSA) is 42.2 Å². The molecule has 1 saturated heterocycles. The second-order valence-electron chi connectivity index (χ2n) is 4.35. The second kappa shape index (κ2) is 4.53. The number of aromatic nitrogens is 1. The maximum Gasteiger partial charge on any atom is 0.129 e. The van der Waals surface area contributed by atoms with Gasteiger partial charge in [0.25, 0.3) is 0 Å². The fraction of sp³-hybridized carbons (Fsp3) is 0.583. The van der Waals surface area contributed by atoms with E-state index in [2.05, 4.69) is 23.7 Å². The minimum Gasteiger partial charge on any atom is -0.397 e. The molecule has 3 nitrogen and oxygen atoms in total. The summed E-state index contributed by atoms with van der Waals surface area (Å²) in [5.74, 6) is 2.24. The molecule has 2 unspecified atom stereocenters. The lowest BCUT2D eigenvalue weighted by molar-refractivity contribution is 0.620. The number of pyridine rings is 1. The Balaban J connectivity index is 2.25. The van der Waals surface area contributed by atoms with E-state index >= 15 is 0 Å². The lowest BCUT2D eigenvalue weighted by Crippen LogP contribution is -2.45. The molecule has 1 fully saturated rings. The predicted molar refractivity (Wildman–Crippen MR) is 72.1 cm³/mol. The molecule has 1 aliphatic rings. The van der Waals surface area contributed by atoms with E-state index in [0.29, 0.717) is 11.3 Å². The Morgan fingerprint density at radius 1 is 1.44 bits per heavy atom. The molecular formula is C12H19N3S. The van der Waals surface area contributed by atoms with E-state index in [1.54, 1.807) is 0 Å². The van der Waals surface area contributed by atoms with Crippen LogP contribution in [0, 0.1) is 6.92 Å². The molecule has 2 heterocycles. The Morgan fingerprint density at radius 3 is 2.88 bits per heavy atom. The summed E-state index contributed by atoms with van der Waals surface area (Å²) >= 11 is 2.04. The van der Waals surface area contributed by atoms with Crippen molar-refractivity contribution in [1.29, 1.82) is 0 Å². The van der Waals surface area contributed by atoms with Crippen LogP contribution in [-0.2, 0) is 0 Å². The van der Waals surface area contributed by atoms with Crippen molar-refractivity contribution < 1.29 is 0 Å². The van der Waals surface area contributed by atoms with Crippen LogP contribution in [0.2, 0.25) is 0 Å². The summed E-state index contributed by atoms with van der Waals surface area (Å²) in [4.78, 5) is 6.96. The van der Waals surface area contributed by atoms with Crippen molar-refractivity contribution in [2.75, 3.05) is 22.9 Å². The number of hydrogen-bond acceptors (Lipinski definition) is 4. The van der Waals surface area contributed by atoms with E-state index in [1.165, 1.54) is 5.75 Å². The molecule has 0 amide bonds. The molecule has 0 spiro atoms. The highest BCUT2D eigenvalue weighted by Gasteiger charge is 2.26. The average Bonchev–Trinajstić information content (AvgIpc) is 2.26. The van der Waals surface area contributed by atoms with Crippen LogP contribution in [-0.4, -0.2) is 28.6 Å². The van der Waals surface area contributed by atoms with Crippen molar-refractivity contribution >= 4 is 23.3 Å². The molecule has 88 valence electrons. The zero-order chi connectivity index (χ0) is 11.7. The van der Waals surface area contributed by atoms with Crippen molar-refractivity contribution in [1.82, 2.24) is 4.98 Å². The van der Waals surface area contributed by atoms with Gasteiger partial charge in [-0.3, -0.25) is 0 Å². The summed E-state index contributed by atoms with van der Waals surface area (Å²) in [6.07, 6.45) is 0. The standard InChI is InChI=1S/C12H19N3S/c1-8-11(13)4-5-12(14-8)15-6-7-16-10(3)9(15)2/h4-5,9-10H,6-7,13H2,1-3H3. The Hall–Kier alpha value is -0.900. The molecule has 1 aromatic rings. The van der Waals surface area contributed by atoms with Gasteiger partial charge in [-0.25, -0.2) is 4.98 Å². The Kier molecular flexibility index (Phi) is 3.28. The molecular weight excluding hydrogens is 218 g/mol. The van der Waals surface area contributed by atoms with Crippen molar-refractivity contribution in [2.24, 2.45) is 0 Å². The van der Waals surface area contributed by atoms with Crippen LogP contribution in [0.1, 0.15) is 19.5 Å². The summed E-state index contributed by atoms with van der Waals surface area (Å²) in [7, 11) is 0. The number of thioether (sulfide) groups is 1. The third-order valence-electron chi connectivity index (χ3n) is 3.29. The third kappa shape index (κ3) is 2.12. The van der Waals surface area contributed by atoms with Crippen molar-refractivity contribution in [2.45, 2.75) is 32.1 Å². The first kappa shape index (κ1) is 11.6. The molecule has 1 aliphatic heterocycles. The van der Waals surface area contributed by atoms with E-state index in [1.807, 2.05) is 30.8 Å². The van der Waals surface area contributed by atoms with Gasteiger partial charge >= 0.3 is 0 Å². The summed E-state index contributed by atoms with van der Waals surface area (Å²) in [6.45, 7) is 7.59. The normalized spacial score (nSPS) is 25.8. The summed E-state index contributed by atoms with van der Waals surface area (Å²) < 4.78 is 0. The quantitative estimate of drug-likeness (QED) is 0.814. The minimum absolute atomic E-state index is 0.536. The molecule has 4 heteroatoms. The Morgan fingerprint density at radius 2 is 2.19 bits per heavy atom. The zero-order valence-corrected chi connectivity index (χ0v) is 10.9. The maximum absolute atomic E-state index is 5.80. The van der Waals surface area contributed by atoms with Gasteiger partial charge < -0.3 is 10.6 Å². The molecule has 2 rings (SSSR count). The summed E-state index contributed by atoms with van der Waals surface area (Å²) in [6, 6.07) is 4.52. The monoisotopic (exact) mass is 237 g/mol. The summed E-state index contributed by atoms with van der Waals surface area (Å²) in [5, 5.41) is 0.661. The number of aryl methyl sites for hydroxylation is 1. The third-order valence-corrected chi connectivity index (χ3v) is 4.63. The van der Waals surface area contributed by atoms with E-state index in [4.69, 9.17) is 5.73 Å². The number of hydrogen-bond donors (Lipinski definition) is 1. The fourth-order valence-corrected chi connectivity index (χ4v) is 3.07. The van der Waals surface area contributed by atoms with Crippen LogP contribution in [0.15, 0.2) is 12.1 Å². The molecule has 0 aromatic carbocycles. The number of nitrogen functional groups attached to an aromatic ring is 1. The molecule has 1 aromatic heterocycles. The highest BCUT2D eigenvalue weighted by molar-refractivity contribution is 8.00. The largest absolute Gasteiger partial charge is 0.397 e. The van der Waals surface area contributed by atoms with Crippen LogP contribution < -0.4 is 10.6 Å². The van der Waals surface area contributed by atoms with Crippen molar-refractivity contribution in [3.05, 3.63) is 17.8 Å². The second-order valence-corrected chi connectivity index (χ2v) is 5.84. The number of nitrogens with zero attached hydrogens (tertiary/aromatic N) is 2. The first-order chi connectivity index (χ1) is 7.59. The van der Waals surface area contributed by atoms with Gasteiger partial charge in [0.15, 0.2) is 0 Å². The first-order valence-electron chi connectivity index (χ1n) is 5.71. The van der Waals surface area contributed by atoms with Crippen molar-refractivity contribution in [3.8, 4) is 0 Å². The van der Waals surface area contributed by atoms with Gasteiger partial charge in [0.2, 0.25) is 0 Å². The van der Waals surface area contributed by atoms with Gasteiger partial charge in [0, 0.05) is 23.6 Å². The van der Waals surface area contributed by atoms with Gasteiger partial charge in [-0.15, -0.1) is 0 Å². The van der Waals surface area contributed by atoms with Crippen molar-refractivity contribution in [3.63, 3.8) is 0 Å². The smallest absolute Gasteiger partial charge is 0.129 e. The number of rotatable bonds is 1. The van der Waals surface area contributed by atoms with Gasteiger partial charge in [0.05, 0.1) is 11.4 Å². The van der Waals surface area contributed by atoms with Crippen LogP contribution in [0.5, 0.6) is 0 Å². The number of anilines is 2. The van der Waals surface area contributed by atoms with E-state index in [9.17, 15) is 0 Å². The van der Waals surface area contributed by atoms with Crippen LogP contribution >= 0.6 is 11.8 Å². The predicted octanol–water partition coefficient (Wildman–Crippen LogP) is 2.30.